The van der Waals surface area contributed by atoms with Crippen molar-refractivity contribution in [2.45, 2.75) is 38.8 Å². The molecule has 1 saturated carbocycles. The molecule has 2 atom stereocenters. The first-order valence-electron chi connectivity index (χ1n) is 7.25. The zero-order chi connectivity index (χ0) is 15.5. The maximum atomic E-state index is 12.6. The highest BCUT2D eigenvalue weighted by atomic mass is 19.4. The van der Waals surface area contributed by atoms with Gasteiger partial charge in [0.1, 0.15) is 6.07 Å². The third-order valence-corrected chi connectivity index (χ3v) is 4.09. The molecule has 0 radical (unpaired) electrons. The Morgan fingerprint density at radius 3 is 2.71 bits per heavy atom. The first-order valence-corrected chi connectivity index (χ1v) is 7.25. The number of hydrogen-bond acceptors (Lipinski definition) is 2. The van der Waals surface area contributed by atoms with Crippen LogP contribution in [0.1, 0.15) is 43.7 Å². The van der Waals surface area contributed by atoms with Crippen LogP contribution in [0, 0.1) is 23.2 Å². The molecule has 1 N–H and O–H groups in total. The van der Waals surface area contributed by atoms with E-state index in [9.17, 15) is 13.2 Å². The molecule has 1 fully saturated rings. The second-order valence-corrected chi connectivity index (χ2v) is 5.89. The topological polar surface area (TPSA) is 35.8 Å². The minimum absolute atomic E-state index is 0.0497. The van der Waals surface area contributed by atoms with Crippen molar-refractivity contribution >= 4 is 5.69 Å². The van der Waals surface area contributed by atoms with Crippen LogP contribution in [-0.2, 0) is 6.18 Å². The van der Waals surface area contributed by atoms with Gasteiger partial charge in [-0.05, 0) is 42.9 Å². The van der Waals surface area contributed by atoms with E-state index in [0.29, 0.717) is 24.1 Å². The van der Waals surface area contributed by atoms with E-state index >= 15 is 0 Å². The van der Waals surface area contributed by atoms with Gasteiger partial charge in [0.05, 0.1) is 16.8 Å². The minimum Gasteiger partial charge on any atom is -0.384 e. The third-order valence-electron chi connectivity index (χ3n) is 4.09. The summed E-state index contributed by atoms with van der Waals surface area (Å²) in [4.78, 5) is 0. The summed E-state index contributed by atoms with van der Waals surface area (Å²) < 4.78 is 37.9. The van der Waals surface area contributed by atoms with Crippen molar-refractivity contribution in [3.63, 3.8) is 0 Å². The highest BCUT2D eigenvalue weighted by Gasteiger charge is 2.31. The van der Waals surface area contributed by atoms with Gasteiger partial charge in [0.2, 0.25) is 0 Å². The summed E-state index contributed by atoms with van der Waals surface area (Å²) in [5.41, 5.74) is -0.242. The first kappa shape index (κ1) is 15.7. The molecule has 0 amide bonds. The highest BCUT2D eigenvalue weighted by Crippen LogP contribution is 2.32. The van der Waals surface area contributed by atoms with E-state index in [4.69, 9.17) is 5.26 Å². The van der Waals surface area contributed by atoms with E-state index in [1.165, 1.54) is 18.9 Å². The molecule has 114 valence electrons. The summed E-state index contributed by atoms with van der Waals surface area (Å²) >= 11 is 0. The molecule has 0 spiro atoms. The van der Waals surface area contributed by atoms with Crippen LogP contribution in [0.2, 0.25) is 0 Å². The van der Waals surface area contributed by atoms with Gasteiger partial charge in [-0.3, -0.25) is 0 Å². The second-order valence-electron chi connectivity index (χ2n) is 5.89. The fourth-order valence-corrected chi connectivity index (χ4v) is 2.97. The lowest BCUT2D eigenvalue weighted by atomic mass is 9.82. The Morgan fingerprint density at radius 2 is 2.10 bits per heavy atom. The number of hydrogen-bond donors (Lipinski definition) is 1. The van der Waals surface area contributed by atoms with Crippen LogP contribution in [-0.4, -0.2) is 6.54 Å². The van der Waals surface area contributed by atoms with Crippen molar-refractivity contribution in [1.29, 1.82) is 5.26 Å². The molecular weight excluding hydrogens is 277 g/mol. The molecular formula is C16H19F3N2. The van der Waals surface area contributed by atoms with E-state index in [-0.39, 0.29) is 5.56 Å². The molecule has 1 aliphatic carbocycles. The van der Waals surface area contributed by atoms with Crippen LogP contribution >= 0.6 is 0 Å². The molecule has 0 saturated heterocycles. The summed E-state index contributed by atoms with van der Waals surface area (Å²) in [6, 6.07) is 5.13. The molecule has 0 heterocycles. The number of halogens is 3. The predicted octanol–water partition coefficient (Wildman–Crippen LogP) is 4.82. The zero-order valence-electron chi connectivity index (χ0n) is 12.0. The fraction of sp³-hybridized carbons (Fsp3) is 0.562. The van der Waals surface area contributed by atoms with Crippen molar-refractivity contribution in [3.05, 3.63) is 29.3 Å². The third kappa shape index (κ3) is 4.13. The number of anilines is 1. The number of alkyl halides is 3. The minimum atomic E-state index is -4.41. The number of rotatable bonds is 3. The smallest absolute Gasteiger partial charge is 0.384 e. The summed E-state index contributed by atoms with van der Waals surface area (Å²) in [7, 11) is 0. The standard InChI is InChI=1S/C16H19F3N2/c1-11-3-2-4-12(7-11)10-21-15-6-5-14(16(17,18)19)8-13(15)9-20/h5-6,8,11-12,21H,2-4,7,10H2,1H3. The predicted molar refractivity (Wildman–Crippen MR) is 75.8 cm³/mol. The van der Waals surface area contributed by atoms with Crippen LogP contribution in [0.5, 0.6) is 0 Å². The van der Waals surface area contributed by atoms with Crippen molar-refractivity contribution in [1.82, 2.24) is 0 Å². The average molecular weight is 296 g/mol. The van der Waals surface area contributed by atoms with Gasteiger partial charge in [-0.1, -0.05) is 19.8 Å². The number of benzene rings is 1. The Kier molecular flexibility index (Phi) is 4.76. The van der Waals surface area contributed by atoms with Gasteiger partial charge in [-0.25, -0.2) is 0 Å². The summed E-state index contributed by atoms with van der Waals surface area (Å²) in [5, 5.41) is 12.2. The molecule has 2 unspecified atom stereocenters. The Labute approximate surface area is 123 Å². The summed E-state index contributed by atoms with van der Waals surface area (Å²) in [6.07, 6.45) is 0.310. The van der Waals surface area contributed by atoms with Crippen LogP contribution < -0.4 is 5.32 Å². The zero-order valence-corrected chi connectivity index (χ0v) is 12.0. The molecule has 21 heavy (non-hydrogen) atoms. The van der Waals surface area contributed by atoms with Crippen molar-refractivity contribution in [2.75, 3.05) is 11.9 Å². The first-order chi connectivity index (χ1) is 9.90. The van der Waals surface area contributed by atoms with Crippen molar-refractivity contribution in [2.24, 2.45) is 11.8 Å². The molecule has 2 nitrogen and oxygen atoms in total. The number of nitrogens with one attached hydrogen (secondary N) is 1. The van der Waals surface area contributed by atoms with E-state index < -0.39 is 11.7 Å². The van der Waals surface area contributed by atoms with E-state index in [1.807, 2.05) is 6.07 Å². The molecule has 0 bridgehead atoms. The summed E-state index contributed by atoms with van der Waals surface area (Å²) in [5.74, 6) is 1.23. The lowest BCUT2D eigenvalue weighted by molar-refractivity contribution is -0.137. The van der Waals surface area contributed by atoms with E-state index in [1.54, 1.807) is 0 Å². The number of nitriles is 1. The molecule has 1 aromatic carbocycles. The Morgan fingerprint density at radius 1 is 1.33 bits per heavy atom. The summed E-state index contributed by atoms with van der Waals surface area (Å²) in [6.45, 7) is 2.94. The van der Waals surface area contributed by atoms with Gasteiger partial charge in [0.25, 0.3) is 0 Å². The molecule has 0 aromatic heterocycles. The van der Waals surface area contributed by atoms with Crippen molar-refractivity contribution in [3.8, 4) is 6.07 Å². The van der Waals surface area contributed by atoms with E-state index in [2.05, 4.69) is 12.2 Å². The van der Waals surface area contributed by atoms with Crippen LogP contribution in [0.15, 0.2) is 18.2 Å². The van der Waals surface area contributed by atoms with E-state index in [0.717, 1.165) is 25.0 Å². The Hall–Kier alpha value is -1.70. The second kappa shape index (κ2) is 6.38. The fourth-order valence-electron chi connectivity index (χ4n) is 2.97. The van der Waals surface area contributed by atoms with Gasteiger partial charge in [0, 0.05) is 6.54 Å². The van der Waals surface area contributed by atoms with Gasteiger partial charge in [-0.2, -0.15) is 18.4 Å². The maximum Gasteiger partial charge on any atom is 0.416 e. The van der Waals surface area contributed by atoms with Crippen LogP contribution in [0.25, 0.3) is 0 Å². The van der Waals surface area contributed by atoms with Gasteiger partial charge in [-0.15, -0.1) is 0 Å². The van der Waals surface area contributed by atoms with Gasteiger partial charge in [0.15, 0.2) is 0 Å². The monoisotopic (exact) mass is 296 g/mol. The lowest BCUT2D eigenvalue weighted by Gasteiger charge is -2.27. The quantitative estimate of drug-likeness (QED) is 0.868. The normalized spacial score (nSPS) is 22.6. The number of nitrogens with zero attached hydrogens (tertiary/aromatic N) is 1. The van der Waals surface area contributed by atoms with Crippen LogP contribution in [0.3, 0.4) is 0 Å². The van der Waals surface area contributed by atoms with Crippen LogP contribution in [0.4, 0.5) is 18.9 Å². The Bertz CT molecular complexity index is 531. The largest absolute Gasteiger partial charge is 0.416 e. The highest BCUT2D eigenvalue weighted by molar-refractivity contribution is 5.59. The lowest BCUT2D eigenvalue weighted by Crippen LogP contribution is -2.21. The SMILES string of the molecule is CC1CCCC(CNc2ccc(C(F)(F)F)cc2C#N)C1. The molecule has 2 rings (SSSR count). The van der Waals surface area contributed by atoms with Gasteiger partial charge >= 0.3 is 6.18 Å². The molecule has 1 aliphatic rings. The van der Waals surface area contributed by atoms with Gasteiger partial charge < -0.3 is 5.32 Å². The molecule has 5 heteroatoms. The Balaban J connectivity index is 2.05. The maximum absolute atomic E-state index is 12.6. The molecule has 0 aliphatic heterocycles. The van der Waals surface area contributed by atoms with Crippen molar-refractivity contribution < 1.29 is 13.2 Å². The average Bonchev–Trinajstić information content (AvgIpc) is 2.44. The molecule has 1 aromatic rings.